The molecule has 1 N–H and O–H groups in total. The summed E-state index contributed by atoms with van der Waals surface area (Å²) in [5.41, 5.74) is 0. The van der Waals surface area contributed by atoms with Crippen LogP contribution in [0.3, 0.4) is 0 Å². The van der Waals surface area contributed by atoms with Gasteiger partial charge in [-0.05, 0) is 13.3 Å². The molecule has 3 saturated heterocycles. The topological polar surface area (TPSA) is 48.1 Å². The Kier molecular flexibility index (Phi) is 9.11. The molecule has 1 amide bonds. The third-order valence-electron chi connectivity index (χ3n) is 5.09. The quantitative estimate of drug-likeness (QED) is 0.762. The Balaban J connectivity index is 0.00000132. The summed E-state index contributed by atoms with van der Waals surface area (Å²) in [6, 6.07) is 0.559. The van der Waals surface area contributed by atoms with Crippen molar-refractivity contribution < 1.29 is 9.53 Å². The van der Waals surface area contributed by atoms with Crippen molar-refractivity contribution in [2.75, 3.05) is 65.6 Å². The highest BCUT2D eigenvalue weighted by atomic mass is 35.5. The molecule has 0 saturated carbocycles. The first-order valence-corrected chi connectivity index (χ1v) is 8.31. The van der Waals surface area contributed by atoms with Crippen LogP contribution < -0.4 is 5.32 Å². The van der Waals surface area contributed by atoms with Gasteiger partial charge in [0.05, 0.1) is 19.3 Å². The van der Waals surface area contributed by atoms with Crippen molar-refractivity contribution in [1.82, 2.24) is 20.0 Å². The van der Waals surface area contributed by atoms with Crippen LogP contribution >= 0.6 is 24.8 Å². The zero-order chi connectivity index (χ0) is 14.7. The van der Waals surface area contributed by atoms with Gasteiger partial charge in [-0.1, -0.05) is 0 Å². The number of nitrogens with zero attached hydrogens (tertiary/aromatic N) is 3. The number of amides is 1. The van der Waals surface area contributed by atoms with E-state index in [1.807, 2.05) is 6.92 Å². The van der Waals surface area contributed by atoms with E-state index < -0.39 is 0 Å². The smallest absolute Gasteiger partial charge is 0.239 e. The van der Waals surface area contributed by atoms with Gasteiger partial charge in [-0.15, -0.1) is 24.8 Å². The number of nitrogens with one attached hydrogen (secondary N) is 1. The lowest BCUT2D eigenvalue weighted by Gasteiger charge is -2.35. The maximum Gasteiger partial charge on any atom is 0.239 e. The van der Waals surface area contributed by atoms with Crippen LogP contribution in [0, 0.1) is 0 Å². The molecule has 2 atom stereocenters. The highest BCUT2D eigenvalue weighted by Crippen LogP contribution is 2.18. The first-order chi connectivity index (χ1) is 10.3. The second-order valence-corrected chi connectivity index (χ2v) is 6.34. The lowest BCUT2D eigenvalue weighted by Crippen LogP contribution is -2.52. The molecule has 0 radical (unpaired) electrons. The van der Waals surface area contributed by atoms with Crippen LogP contribution in [0.1, 0.15) is 13.3 Å². The van der Waals surface area contributed by atoms with Gasteiger partial charge in [-0.2, -0.15) is 0 Å². The van der Waals surface area contributed by atoms with Gasteiger partial charge >= 0.3 is 0 Å². The van der Waals surface area contributed by atoms with Gasteiger partial charge in [-0.3, -0.25) is 14.6 Å². The molecule has 8 heteroatoms. The van der Waals surface area contributed by atoms with Gasteiger partial charge in [0.2, 0.25) is 5.91 Å². The summed E-state index contributed by atoms with van der Waals surface area (Å²) in [5, 5.41) is 3.39. The Hall–Kier alpha value is -0.110. The first kappa shape index (κ1) is 20.9. The number of carbonyl (C=O) groups is 1. The van der Waals surface area contributed by atoms with E-state index >= 15 is 0 Å². The highest BCUT2D eigenvalue weighted by Gasteiger charge is 2.34. The molecule has 0 spiro atoms. The largest absolute Gasteiger partial charge is 0.379 e. The zero-order valence-corrected chi connectivity index (χ0v) is 15.5. The lowest BCUT2D eigenvalue weighted by atomic mass is 10.2. The molecular weight excluding hydrogens is 339 g/mol. The highest BCUT2D eigenvalue weighted by molar-refractivity contribution is 5.85. The number of hydrogen-bond donors (Lipinski definition) is 1. The minimum atomic E-state index is -0.00401. The molecule has 3 heterocycles. The van der Waals surface area contributed by atoms with Crippen LogP contribution in [-0.4, -0.2) is 98.3 Å². The molecule has 3 rings (SSSR count). The minimum absolute atomic E-state index is 0. The molecule has 23 heavy (non-hydrogen) atoms. The van der Waals surface area contributed by atoms with Crippen LogP contribution in [-0.2, 0) is 9.53 Å². The molecule has 6 nitrogen and oxygen atoms in total. The van der Waals surface area contributed by atoms with Crippen molar-refractivity contribution in [3.8, 4) is 0 Å². The van der Waals surface area contributed by atoms with E-state index in [1.165, 1.54) is 0 Å². The van der Waals surface area contributed by atoms with E-state index in [2.05, 4.69) is 20.0 Å². The minimum Gasteiger partial charge on any atom is -0.379 e. The number of rotatable bonds is 3. The van der Waals surface area contributed by atoms with E-state index in [4.69, 9.17) is 4.74 Å². The normalized spacial score (nSPS) is 27.9. The van der Waals surface area contributed by atoms with Crippen LogP contribution in [0.25, 0.3) is 0 Å². The predicted octanol–water partition coefficient (Wildman–Crippen LogP) is 0.0568. The van der Waals surface area contributed by atoms with Crippen LogP contribution in [0.2, 0.25) is 0 Å². The van der Waals surface area contributed by atoms with Crippen molar-refractivity contribution in [3.63, 3.8) is 0 Å². The van der Waals surface area contributed by atoms with Crippen LogP contribution in [0.15, 0.2) is 0 Å². The van der Waals surface area contributed by atoms with Gasteiger partial charge in [0.1, 0.15) is 0 Å². The molecule has 3 aliphatic rings. The first-order valence-electron chi connectivity index (χ1n) is 8.31. The van der Waals surface area contributed by atoms with Crippen LogP contribution in [0.5, 0.6) is 0 Å². The maximum absolute atomic E-state index is 12.7. The molecule has 3 fully saturated rings. The van der Waals surface area contributed by atoms with Crippen molar-refractivity contribution in [3.05, 3.63) is 0 Å². The molecule has 0 aliphatic carbocycles. The third kappa shape index (κ3) is 5.18. The van der Waals surface area contributed by atoms with E-state index in [1.54, 1.807) is 0 Å². The number of halogens is 2. The molecule has 2 unspecified atom stereocenters. The molecule has 0 aromatic heterocycles. The zero-order valence-electron chi connectivity index (χ0n) is 13.9. The molecule has 0 bridgehead atoms. The van der Waals surface area contributed by atoms with Crippen LogP contribution in [0.4, 0.5) is 0 Å². The summed E-state index contributed by atoms with van der Waals surface area (Å²) < 4.78 is 5.37. The number of hydrogen-bond acceptors (Lipinski definition) is 5. The van der Waals surface area contributed by atoms with E-state index in [9.17, 15) is 4.79 Å². The molecule has 3 aliphatic heterocycles. The number of piperazine rings is 1. The third-order valence-corrected chi connectivity index (χ3v) is 5.09. The van der Waals surface area contributed by atoms with Gasteiger partial charge in [0.25, 0.3) is 0 Å². The Morgan fingerprint density at radius 2 is 1.74 bits per heavy atom. The summed E-state index contributed by atoms with van der Waals surface area (Å²) in [7, 11) is 0. The fourth-order valence-corrected chi connectivity index (χ4v) is 3.67. The summed E-state index contributed by atoms with van der Waals surface area (Å²) in [6.07, 6.45) is 1.13. The van der Waals surface area contributed by atoms with Gasteiger partial charge < -0.3 is 15.0 Å². The number of ether oxygens (including phenoxy) is 1. The standard InChI is InChI=1S/C15H28N4O2.2ClH/c1-13(17-8-10-21-11-9-17)15(20)19-5-2-14(12-19)18-6-3-16-4-7-18;;/h13-14,16H,2-12H2,1H3;2*1H. The fourth-order valence-electron chi connectivity index (χ4n) is 3.67. The monoisotopic (exact) mass is 368 g/mol. The molecule has 0 aromatic rings. The maximum atomic E-state index is 12.7. The van der Waals surface area contributed by atoms with Gasteiger partial charge in [-0.25, -0.2) is 0 Å². The Labute approximate surface area is 151 Å². The molecule has 136 valence electrons. The Morgan fingerprint density at radius 3 is 2.39 bits per heavy atom. The SMILES string of the molecule is CC(C(=O)N1CCC(N2CCNCC2)C1)N1CCOCC1.Cl.Cl. The summed E-state index contributed by atoms with van der Waals surface area (Å²) >= 11 is 0. The predicted molar refractivity (Wildman–Crippen MR) is 95.8 cm³/mol. The lowest BCUT2D eigenvalue weighted by molar-refractivity contribution is -0.137. The Morgan fingerprint density at radius 1 is 1.09 bits per heavy atom. The molecular formula is C15H30Cl2N4O2. The number of carbonyl (C=O) groups excluding carboxylic acids is 1. The Bertz CT molecular complexity index is 363. The van der Waals surface area contributed by atoms with E-state index in [0.29, 0.717) is 11.9 Å². The van der Waals surface area contributed by atoms with E-state index in [-0.39, 0.29) is 30.9 Å². The summed E-state index contributed by atoms with van der Waals surface area (Å²) in [4.78, 5) is 19.6. The summed E-state index contributed by atoms with van der Waals surface area (Å²) in [6.45, 7) is 11.5. The van der Waals surface area contributed by atoms with Crippen molar-refractivity contribution in [2.24, 2.45) is 0 Å². The number of likely N-dealkylation sites (tertiary alicyclic amines) is 1. The second kappa shape index (κ2) is 10.0. The van der Waals surface area contributed by atoms with Crippen molar-refractivity contribution >= 4 is 30.7 Å². The fraction of sp³-hybridized carbons (Fsp3) is 0.933. The van der Waals surface area contributed by atoms with E-state index in [0.717, 1.165) is 72.0 Å². The van der Waals surface area contributed by atoms with Gasteiger partial charge in [0, 0.05) is 58.4 Å². The molecule has 0 aromatic carbocycles. The van der Waals surface area contributed by atoms with Crippen molar-refractivity contribution in [2.45, 2.75) is 25.4 Å². The number of morpholine rings is 1. The average molecular weight is 369 g/mol. The van der Waals surface area contributed by atoms with Crippen molar-refractivity contribution in [1.29, 1.82) is 0 Å². The van der Waals surface area contributed by atoms with Gasteiger partial charge in [0.15, 0.2) is 0 Å². The average Bonchev–Trinajstić information content (AvgIpc) is 3.05. The second-order valence-electron chi connectivity index (χ2n) is 6.34. The summed E-state index contributed by atoms with van der Waals surface area (Å²) in [5.74, 6) is 0.300.